The van der Waals surface area contributed by atoms with E-state index in [9.17, 15) is 0 Å². The van der Waals surface area contributed by atoms with Gasteiger partial charge >= 0.3 is 0 Å². The lowest BCUT2D eigenvalue weighted by atomic mass is 9.96. The van der Waals surface area contributed by atoms with Gasteiger partial charge in [0.2, 0.25) is 0 Å². The van der Waals surface area contributed by atoms with Crippen LogP contribution in [0.1, 0.15) is 41.6 Å². The van der Waals surface area contributed by atoms with Crippen LogP contribution >= 0.6 is 0 Å². The van der Waals surface area contributed by atoms with Crippen molar-refractivity contribution >= 4 is 0 Å². The number of aromatic nitrogens is 2. The van der Waals surface area contributed by atoms with Crippen molar-refractivity contribution in [3.05, 3.63) is 52.8 Å². The van der Waals surface area contributed by atoms with Gasteiger partial charge in [-0.2, -0.15) is 5.10 Å². The molecule has 1 atom stereocenters. The molecule has 3 heteroatoms. The van der Waals surface area contributed by atoms with Crippen LogP contribution < -0.4 is 5.73 Å². The number of hydrogen-bond donors (Lipinski definition) is 1. The summed E-state index contributed by atoms with van der Waals surface area (Å²) in [5.41, 5.74) is 11.1. The van der Waals surface area contributed by atoms with Crippen molar-refractivity contribution in [3.63, 3.8) is 0 Å². The lowest BCUT2D eigenvalue weighted by Gasteiger charge is -2.14. The Hall–Kier alpha value is -1.61. The summed E-state index contributed by atoms with van der Waals surface area (Å²) in [5, 5.41) is 4.34. The summed E-state index contributed by atoms with van der Waals surface area (Å²) in [6.07, 6.45) is 5.01. The number of rotatable bonds is 4. The Morgan fingerprint density at radius 1 is 1.33 bits per heavy atom. The van der Waals surface area contributed by atoms with Gasteiger partial charge in [0.05, 0.1) is 12.2 Å². The first-order valence-electron chi connectivity index (χ1n) is 6.47. The molecule has 0 aliphatic rings. The van der Waals surface area contributed by atoms with Crippen molar-refractivity contribution < 1.29 is 0 Å². The van der Waals surface area contributed by atoms with Crippen molar-refractivity contribution in [1.29, 1.82) is 0 Å². The minimum atomic E-state index is -0.0875. The van der Waals surface area contributed by atoms with E-state index in [1.807, 2.05) is 10.9 Å². The third-order valence-electron chi connectivity index (χ3n) is 3.23. The topological polar surface area (TPSA) is 43.8 Å². The van der Waals surface area contributed by atoms with E-state index in [4.69, 9.17) is 5.73 Å². The molecule has 0 amide bonds. The summed E-state index contributed by atoms with van der Waals surface area (Å²) < 4.78 is 1.96. The molecule has 1 aromatic carbocycles. The van der Waals surface area contributed by atoms with Gasteiger partial charge in [0.15, 0.2) is 0 Å². The first-order valence-corrected chi connectivity index (χ1v) is 6.47. The normalized spacial score (nSPS) is 12.7. The predicted molar refractivity (Wildman–Crippen MR) is 74.5 cm³/mol. The lowest BCUT2D eigenvalue weighted by molar-refractivity contribution is 0.602. The second-order valence-electron chi connectivity index (χ2n) is 4.87. The summed E-state index contributed by atoms with van der Waals surface area (Å²) in [6.45, 7) is 7.28. The summed E-state index contributed by atoms with van der Waals surface area (Å²) in [5.74, 6) is 0. The van der Waals surface area contributed by atoms with E-state index < -0.39 is 0 Å². The highest BCUT2D eigenvalue weighted by Crippen LogP contribution is 2.23. The maximum absolute atomic E-state index is 6.34. The highest BCUT2D eigenvalue weighted by molar-refractivity contribution is 5.37. The average Bonchev–Trinajstić information content (AvgIpc) is 2.80. The molecular weight excluding hydrogens is 222 g/mol. The van der Waals surface area contributed by atoms with E-state index in [2.05, 4.69) is 50.3 Å². The van der Waals surface area contributed by atoms with Crippen LogP contribution in [0.25, 0.3) is 0 Å². The monoisotopic (exact) mass is 243 g/mol. The van der Waals surface area contributed by atoms with Crippen LogP contribution in [0.15, 0.2) is 30.6 Å². The van der Waals surface area contributed by atoms with Crippen molar-refractivity contribution in [3.8, 4) is 0 Å². The number of nitrogens with two attached hydrogens (primary N) is 1. The average molecular weight is 243 g/mol. The number of benzene rings is 1. The molecule has 1 unspecified atom stereocenters. The molecule has 18 heavy (non-hydrogen) atoms. The molecule has 2 aromatic rings. The zero-order valence-electron chi connectivity index (χ0n) is 11.4. The first-order chi connectivity index (χ1) is 8.61. The van der Waals surface area contributed by atoms with Crippen LogP contribution in [0.5, 0.6) is 0 Å². The van der Waals surface area contributed by atoms with Gasteiger partial charge in [-0.1, -0.05) is 30.7 Å². The van der Waals surface area contributed by atoms with Gasteiger partial charge in [-0.05, 0) is 31.4 Å². The highest BCUT2D eigenvalue weighted by atomic mass is 15.3. The molecule has 3 nitrogen and oxygen atoms in total. The van der Waals surface area contributed by atoms with Crippen LogP contribution in [0.3, 0.4) is 0 Å². The molecule has 1 heterocycles. The van der Waals surface area contributed by atoms with Gasteiger partial charge < -0.3 is 5.73 Å². The SMILES string of the molecule is CCCn1cc(C(N)c2cc(C)ccc2C)cn1. The van der Waals surface area contributed by atoms with Crippen molar-refractivity contribution in [2.75, 3.05) is 0 Å². The molecule has 0 saturated heterocycles. The molecule has 0 saturated carbocycles. The molecular formula is C15H21N3. The van der Waals surface area contributed by atoms with Gasteiger partial charge in [-0.25, -0.2) is 0 Å². The van der Waals surface area contributed by atoms with E-state index in [1.165, 1.54) is 16.7 Å². The van der Waals surface area contributed by atoms with Crippen LogP contribution in [0.4, 0.5) is 0 Å². The second kappa shape index (κ2) is 5.36. The molecule has 0 aliphatic heterocycles. The van der Waals surface area contributed by atoms with Crippen molar-refractivity contribution in [1.82, 2.24) is 9.78 Å². The maximum Gasteiger partial charge on any atom is 0.0585 e. The smallest absolute Gasteiger partial charge is 0.0585 e. The van der Waals surface area contributed by atoms with Crippen molar-refractivity contribution in [2.45, 2.75) is 39.8 Å². The molecule has 0 radical (unpaired) electrons. The summed E-state index contributed by atoms with van der Waals surface area (Å²) in [4.78, 5) is 0. The van der Waals surface area contributed by atoms with E-state index >= 15 is 0 Å². The largest absolute Gasteiger partial charge is 0.320 e. The summed E-state index contributed by atoms with van der Waals surface area (Å²) in [6, 6.07) is 6.32. The van der Waals surface area contributed by atoms with Crippen LogP contribution in [0, 0.1) is 13.8 Å². The van der Waals surface area contributed by atoms with E-state index in [1.54, 1.807) is 0 Å². The summed E-state index contributed by atoms with van der Waals surface area (Å²) >= 11 is 0. The van der Waals surface area contributed by atoms with Gasteiger partial charge in [0.1, 0.15) is 0 Å². The lowest BCUT2D eigenvalue weighted by Crippen LogP contribution is -2.13. The number of nitrogens with zero attached hydrogens (tertiary/aromatic N) is 2. The minimum Gasteiger partial charge on any atom is -0.320 e. The zero-order chi connectivity index (χ0) is 13.1. The first kappa shape index (κ1) is 12.8. The Balaban J connectivity index is 2.29. The van der Waals surface area contributed by atoms with Gasteiger partial charge in [0, 0.05) is 18.3 Å². The molecule has 96 valence electrons. The second-order valence-corrected chi connectivity index (χ2v) is 4.87. The fraction of sp³-hybridized carbons (Fsp3) is 0.400. The molecule has 0 spiro atoms. The Labute approximate surface area is 109 Å². The van der Waals surface area contributed by atoms with Gasteiger partial charge in [-0.15, -0.1) is 0 Å². The Morgan fingerprint density at radius 3 is 2.83 bits per heavy atom. The minimum absolute atomic E-state index is 0.0875. The zero-order valence-corrected chi connectivity index (χ0v) is 11.4. The highest BCUT2D eigenvalue weighted by Gasteiger charge is 2.13. The Morgan fingerprint density at radius 2 is 2.11 bits per heavy atom. The Kier molecular flexibility index (Phi) is 3.82. The molecule has 0 aliphatic carbocycles. The number of aryl methyl sites for hydroxylation is 3. The molecule has 1 aromatic heterocycles. The van der Waals surface area contributed by atoms with Crippen LogP contribution in [-0.4, -0.2) is 9.78 Å². The maximum atomic E-state index is 6.34. The predicted octanol–water partition coefficient (Wildman–Crippen LogP) is 2.96. The van der Waals surface area contributed by atoms with Gasteiger partial charge in [-0.3, -0.25) is 4.68 Å². The molecule has 2 rings (SSSR count). The summed E-state index contributed by atoms with van der Waals surface area (Å²) in [7, 11) is 0. The quantitative estimate of drug-likeness (QED) is 0.897. The van der Waals surface area contributed by atoms with Gasteiger partial charge in [0.25, 0.3) is 0 Å². The fourth-order valence-corrected chi connectivity index (χ4v) is 2.17. The molecule has 0 fully saturated rings. The third-order valence-corrected chi connectivity index (χ3v) is 3.23. The molecule has 0 bridgehead atoms. The van der Waals surface area contributed by atoms with E-state index in [0.717, 1.165) is 18.5 Å². The van der Waals surface area contributed by atoms with E-state index in [0.29, 0.717) is 0 Å². The van der Waals surface area contributed by atoms with Crippen LogP contribution in [-0.2, 0) is 6.54 Å². The number of hydrogen-bond acceptors (Lipinski definition) is 2. The van der Waals surface area contributed by atoms with Crippen molar-refractivity contribution in [2.24, 2.45) is 5.73 Å². The molecule has 2 N–H and O–H groups in total. The standard InChI is InChI=1S/C15H21N3/c1-4-7-18-10-13(9-17-18)15(16)14-8-11(2)5-6-12(14)3/h5-6,8-10,15H,4,7,16H2,1-3H3. The van der Waals surface area contributed by atoms with Crippen LogP contribution in [0.2, 0.25) is 0 Å². The fourth-order valence-electron chi connectivity index (χ4n) is 2.17. The Bertz CT molecular complexity index is 528. The van der Waals surface area contributed by atoms with E-state index in [-0.39, 0.29) is 6.04 Å². The third kappa shape index (κ3) is 2.62.